The van der Waals surface area contributed by atoms with Gasteiger partial charge in [0.1, 0.15) is 11.6 Å². The van der Waals surface area contributed by atoms with Gasteiger partial charge in [-0.25, -0.2) is 9.37 Å². The SMILES string of the molecule is CC(C)c1nc(N)cc(Oc2cc(Br)ccc2F)n1. The molecular weight excluding hydrogens is 313 g/mol. The first-order chi connectivity index (χ1) is 8.95. The average molecular weight is 326 g/mol. The summed E-state index contributed by atoms with van der Waals surface area (Å²) < 4.78 is 19.7. The zero-order valence-electron chi connectivity index (χ0n) is 10.5. The van der Waals surface area contributed by atoms with Crippen molar-refractivity contribution in [2.45, 2.75) is 19.8 Å². The number of rotatable bonds is 3. The summed E-state index contributed by atoms with van der Waals surface area (Å²) >= 11 is 3.26. The molecule has 0 aliphatic heterocycles. The summed E-state index contributed by atoms with van der Waals surface area (Å²) in [6, 6.07) is 5.90. The number of anilines is 1. The standard InChI is InChI=1S/C13H13BrFN3O/c1-7(2)13-17-11(16)6-12(18-13)19-10-5-8(14)3-4-9(10)15/h3-7H,1-2H3,(H2,16,17,18). The summed E-state index contributed by atoms with van der Waals surface area (Å²) in [6.45, 7) is 3.89. The van der Waals surface area contributed by atoms with Gasteiger partial charge in [0.2, 0.25) is 5.88 Å². The molecule has 1 aromatic heterocycles. The lowest BCUT2D eigenvalue weighted by molar-refractivity contribution is 0.423. The molecule has 0 fully saturated rings. The van der Waals surface area contributed by atoms with E-state index in [4.69, 9.17) is 10.5 Å². The lowest BCUT2D eigenvalue weighted by atomic mass is 10.2. The van der Waals surface area contributed by atoms with Crippen LogP contribution in [0.5, 0.6) is 11.6 Å². The third kappa shape index (κ3) is 3.41. The van der Waals surface area contributed by atoms with Gasteiger partial charge < -0.3 is 10.5 Å². The molecule has 0 saturated carbocycles. The number of nitrogens with zero attached hydrogens (tertiary/aromatic N) is 2. The van der Waals surface area contributed by atoms with Crippen molar-refractivity contribution in [3.8, 4) is 11.6 Å². The number of hydrogen-bond donors (Lipinski definition) is 1. The summed E-state index contributed by atoms with van der Waals surface area (Å²) in [6.07, 6.45) is 0. The Morgan fingerprint density at radius 2 is 2.00 bits per heavy atom. The molecule has 0 spiro atoms. The minimum absolute atomic E-state index is 0.0854. The number of halogens is 2. The Kier molecular flexibility index (Phi) is 3.99. The monoisotopic (exact) mass is 325 g/mol. The fraction of sp³-hybridized carbons (Fsp3) is 0.231. The molecule has 0 bridgehead atoms. The molecular formula is C13H13BrFN3O. The van der Waals surface area contributed by atoms with Crippen molar-refractivity contribution in [1.82, 2.24) is 9.97 Å². The van der Waals surface area contributed by atoms with E-state index < -0.39 is 5.82 Å². The van der Waals surface area contributed by atoms with Crippen molar-refractivity contribution in [3.63, 3.8) is 0 Å². The topological polar surface area (TPSA) is 61.0 Å². The molecule has 6 heteroatoms. The molecule has 2 aromatic rings. The van der Waals surface area contributed by atoms with Gasteiger partial charge in [-0.05, 0) is 18.2 Å². The van der Waals surface area contributed by atoms with E-state index in [1.54, 1.807) is 6.07 Å². The zero-order chi connectivity index (χ0) is 14.0. The second kappa shape index (κ2) is 5.52. The molecule has 0 saturated heterocycles. The van der Waals surface area contributed by atoms with Gasteiger partial charge in [0.15, 0.2) is 11.6 Å². The van der Waals surface area contributed by atoms with Gasteiger partial charge in [-0.3, -0.25) is 0 Å². The highest BCUT2D eigenvalue weighted by molar-refractivity contribution is 9.10. The molecule has 2 N–H and O–H groups in total. The molecule has 0 atom stereocenters. The first-order valence-electron chi connectivity index (χ1n) is 5.73. The van der Waals surface area contributed by atoms with Crippen LogP contribution in [0.4, 0.5) is 10.2 Å². The third-order valence-corrected chi connectivity index (χ3v) is 2.86. The molecule has 100 valence electrons. The molecule has 0 amide bonds. The van der Waals surface area contributed by atoms with Crippen LogP contribution >= 0.6 is 15.9 Å². The van der Waals surface area contributed by atoms with E-state index in [-0.39, 0.29) is 17.5 Å². The molecule has 1 heterocycles. The van der Waals surface area contributed by atoms with Crippen LogP contribution in [0.2, 0.25) is 0 Å². The van der Waals surface area contributed by atoms with E-state index in [0.29, 0.717) is 11.6 Å². The van der Waals surface area contributed by atoms with Gasteiger partial charge in [0, 0.05) is 16.5 Å². The fourth-order valence-corrected chi connectivity index (χ4v) is 1.78. The molecule has 0 unspecified atom stereocenters. The second-order valence-electron chi connectivity index (χ2n) is 4.32. The minimum atomic E-state index is -0.466. The smallest absolute Gasteiger partial charge is 0.224 e. The summed E-state index contributed by atoms with van der Waals surface area (Å²) in [5.41, 5.74) is 5.68. The van der Waals surface area contributed by atoms with Crippen LogP contribution in [0.15, 0.2) is 28.7 Å². The lowest BCUT2D eigenvalue weighted by Gasteiger charge is -2.10. The summed E-state index contributed by atoms with van der Waals surface area (Å²) in [4.78, 5) is 8.30. The third-order valence-electron chi connectivity index (χ3n) is 2.36. The van der Waals surface area contributed by atoms with Crippen LogP contribution in [0.25, 0.3) is 0 Å². The van der Waals surface area contributed by atoms with Gasteiger partial charge in [0.25, 0.3) is 0 Å². The van der Waals surface area contributed by atoms with E-state index in [1.807, 2.05) is 13.8 Å². The van der Waals surface area contributed by atoms with Gasteiger partial charge in [0.05, 0.1) is 0 Å². The maximum absolute atomic E-state index is 13.6. The molecule has 0 aliphatic rings. The molecule has 1 aromatic carbocycles. The van der Waals surface area contributed by atoms with E-state index in [2.05, 4.69) is 25.9 Å². The first kappa shape index (κ1) is 13.7. The predicted octanol–water partition coefficient (Wildman–Crippen LogP) is 3.88. The van der Waals surface area contributed by atoms with Crippen molar-refractivity contribution in [2.75, 3.05) is 5.73 Å². The van der Waals surface area contributed by atoms with Crippen molar-refractivity contribution in [2.24, 2.45) is 0 Å². The molecule has 19 heavy (non-hydrogen) atoms. The molecule has 0 aliphatic carbocycles. The Balaban J connectivity index is 2.35. The maximum Gasteiger partial charge on any atom is 0.224 e. The van der Waals surface area contributed by atoms with Crippen molar-refractivity contribution in [1.29, 1.82) is 0 Å². The van der Waals surface area contributed by atoms with Crippen LogP contribution in [0, 0.1) is 5.82 Å². The summed E-state index contributed by atoms with van der Waals surface area (Å²) in [5, 5.41) is 0. The van der Waals surface area contributed by atoms with Crippen molar-refractivity contribution in [3.05, 3.63) is 40.4 Å². The lowest BCUT2D eigenvalue weighted by Crippen LogP contribution is -2.03. The normalized spacial score (nSPS) is 10.8. The van der Waals surface area contributed by atoms with Gasteiger partial charge in [-0.1, -0.05) is 29.8 Å². The number of benzene rings is 1. The number of aromatic nitrogens is 2. The summed E-state index contributed by atoms with van der Waals surface area (Å²) in [5.74, 6) is 0.814. The Labute approximate surface area is 119 Å². The first-order valence-corrected chi connectivity index (χ1v) is 6.52. The van der Waals surface area contributed by atoms with Crippen LogP contribution < -0.4 is 10.5 Å². The minimum Gasteiger partial charge on any atom is -0.436 e. The van der Waals surface area contributed by atoms with E-state index in [0.717, 1.165) is 4.47 Å². The Morgan fingerprint density at radius 1 is 1.26 bits per heavy atom. The van der Waals surface area contributed by atoms with Gasteiger partial charge >= 0.3 is 0 Å². The zero-order valence-corrected chi connectivity index (χ0v) is 12.1. The maximum atomic E-state index is 13.6. The average Bonchev–Trinajstić information content (AvgIpc) is 2.33. The van der Waals surface area contributed by atoms with Crippen molar-refractivity contribution < 1.29 is 9.13 Å². The molecule has 2 rings (SSSR count). The predicted molar refractivity (Wildman–Crippen MR) is 74.7 cm³/mol. The number of ether oxygens (including phenoxy) is 1. The van der Waals surface area contributed by atoms with Crippen LogP contribution in [-0.2, 0) is 0 Å². The van der Waals surface area contributed by atoms with Crippen LogP contribution in [-0.4, -0.2) is 9.97 Å². The molecule has 4 nitrogen and oxygen atoms in total. The van der Waals surface area contributed by atoms with Gasteiger partial charge in [-0.15, -0.1) is 0 Å². The quantitative estimate of drug-likeness (QED) is 0.930. The highest BCUT2D eigenvalue weighted by atomic mass is 79.9. The van der Waals surface area contributed by atoms with Crippen LogP contribution in [0.1, 0.15) is 25.6 Å². The van der Waals surface area contributed by atoms with E-state index in [1.165, 1.54) is 18.2 Å². The summed E-state index contributed by atoms with van der Waals surface area (Å²) in [7, 11) is 0. The fourth-order valence-electron chi connectivity index (χ4n) is 1.44. The van der Waals surface area contributed by atoms with E-state index >= 15 is 0 Å². The Hall–Kier alpha value is -1.69. The molecule has 0 radical (unpaired) electrons. The highest BCUT2D eigenvalue weighted by Crippen LogP contribution is 2.27. The highest BCUT2D eigenvalue weighted by Gasteiger charge is 2.10. The second-order valence-corrected chi connectivity index (χ2v) is 5.24. The van der Waals surface area contributed by atoms with Gasteiger partial charge in [-0.2, -0.15) is 4.98 Å². The number of nitrogen functional groups attached to an aromatic ring is 1. The van der Waals surface area contributed by atoms with Crippen molar-refractivity contribution >= 4 is 21.7 Å². The largest absolute Gasteiger partial charge is 0.436 e. The number of nitrogens with two attached hydrogens (primary N) is 1. The number of hydrogen-bond acceptors (Lipinski definition) is 4. The Bertz CT molecular complexity index is 604. The Morgan fingerprint density at radius 3 is 2.68 bits per heavy atom. The van der Waals surface area contributed by atoms with Crippen LogP contribution in [0.3, 0.4) is 0 Å². The van der Waals surface area contributed by atoms with E-state index in [9.17, 15) is 4.39 Å².